The van der Waals surface area contributed by atoms with Gasteiger partial charge in [0, 0.05) is 19.6 Å². The van der Waals surface area contributed by atoms with E-state index in [1.165, 1.54) is 0 Å². The van der Waals surface area contributed by atoms with Gasteiger partial charge in [-0.1, -0.05) is 43.1 Å². The fraction of sp³-hybridized carbons (Fsp3) is 0.562. The van der Waals surface area contributed by atoms with Crippen LogP contribution in [0.25, 0.3) is 0 Å². The first-order chi connectivity index (χ1) is 9.72. The number of hydrogen-bond acceptors (Lipinski definition) is 2. The Morgan fingerprint density at radius 1 is 1.14 bits per heavy atom. The highest BCUT2D eigenvalue weighted by Gasteiger charge is 2.23. The van der Waals surface area contributed by atoms with Crippen LogP contribution in [0, 0.1) is 5.92 Å². The monoisotopic (exact) mass is 330 g/mol. The van der Waals surface area contributed by atoms with Crippen LogP contribution in [0.4, 0.5) is 0 Å². The first kappa shape index (κ1) is 18.3. The second-order valence-corrected chi connectivity index (χ2v) is 6.82. The van der Waals surface area contributed by atoms with Crippen LogP contribution in [0.1, 0.15) is 19.4 Å². The second-order valence-electron chi connectivity index (χ2n) is 6.00. The van der Waals surface area contributed by atoms with Gasteiger partial charge >= 0.3 is 0 Å². The van der Waals surface area contributed by atoms with Crippen molar-refractivity contribution in [2.24, 2.45) is 5.92 Å². The van der Waals surface area contributed by atoms with E-state index in [-0.39, 0.29) is 11.9 Å². The van der Waals surface area contributed by atoms with Crippen LogP contribution in [0.3, 0.4) is 0 Å². The summed E-state index contributed by atoms with van der Waals surface area (Å²) < 4.78 is 0. The molecular formula is C16H24Cl2N2O. The van der Waals surface area contributed by atoms with Gasteiger partial charge in [-0.3, -0.25) is 4.79 Å². The van der Waals surface area contributed by atoms with Crippen molar-refractivity contribution < 1.29 is 4.79 Å². The SMILES string of the molecule is CC(C)[C@@H](CN(C)C)N(C)C(=O)Cc1ccc(Cl)c(Cl)c1. The molecule has 5 heteroatoms. The van der Waals surface area contributed by atoms with Crippen molar-refractivity contribution in [1.29, 1.82) is 0 Å². The van der Waals surface area contributed by atoms with Gasteiger partial charge in [0.05, 0.1) is 16.5 Å². The van der Waals surface area contributed by atoms with Crippen molar-refractivity contribution in [1.82, 2.24) is 9.80 Å². The summed E-state index contributed by atoms with van der Waals surface area (Å²) in [6.45, 7) is 5.12. The smallest absolute Gasteiger partial charge is 0.227 e. The second kappa shape index (κ2) is 8.02. The molecule has 21 heavy (non-hydrogen) atoms. The van der Waals surface area contributed by atoms with Gasteiger partial charge < -0.3 is 9.80 Å². The summed E-state index contributed by atoms with van der Waals surface area (Å²) in [5.41, 5.74) is 0.883. The maximum atomic E-state index is 12.5. The molecule has 0 bridgehead atoms. The van der Waals surface area contributed by atoms with E-state index in [0.717, 1.165) is 12.1 Å². The molecule has 0 fully saturated rings. The first-order valence-electron chi connectivity index (χ1n) is 7.06. The summed E-state index contributed by atoms with van der Waals surface area (Å²) >= 11 is 11.9. The van der Waals surface area contributed by atoms with Crippen LogP contribution >= 0.6 is 23.2 Å². The standard InChI is InChI=1S/C16H24Cl2N2O/c1-11(2)15(10-19(3)4)20(5)16(21)9-12-6-7-13(17)14(18)8-12/h6-8,11,15H,9-10H2,1-5H3/t15-/m1/s1. The Balaban J connectivity index is 2.78. The molecule has 0 aliphatic carbocycles. The van der Waals surface area contributed by atoms with Gasteiger partial charge in [-0.25, -0.2) is 0 Å². The zero-order valence-corrected chi connectivity index (χ0v) is 14.9. The van der Waals surface area contributed by atoms with Crippen LogP contribution < -0.4 is 0 Å². The fourth-order valence-electron chi connectivity index (χ4n) is 2.29. The molecule has 1 aromatic carbocycles. The number of amides is 1. The van der Waals surface area contributed by atoms with E-state index in [0.29, 0.717) is 22.4 Å². The molecule has 1 atom stereocenters. The quantitative estimate of drug-likeness (QED) is 0.795. The van der Waals surface area contributed by atoms with Crippen molar-refractivity contribution in [3.8, 4) is 0 Å². The molecule has 0 heterocycles. The minimum atomic E-state index is 0.0916. The molecule has 0 saturated heterocycles. The van der Waals surface area contributed by atoms with Crippen LogP contribution in [0.5, 0.6) is 0 Å². The van der Waals surface area contributed by atoms with Crippen LogP contribution in [0.15, 0.2) is 18.2 Å². The average molecular weight is 331 g/mol. The molecule has 118 valence electrons. The van der Waals surface area contributed by atoms with E-state index < -0.39 is 0 Å². The van der Waals surface area contributed by atoms with E-state index in [1.54, 1.807) is 12.1 Å². The zero-order chi connectivity index (χ0) is 16.2. The number of rotatable bonds is 6. The molecule has 1 aromatic rings. The van der Waals surface area contributed by atoms with E-state index in [2.05, 4.69) is 18.7 Å². The van der Waals surface area contributed by atoms with E-state index in [4.69, 9.17) is 23.2 Å². The van der Waals surface area contributed by atoms with Gasteiger partial charge in [0.25, 0.3) is 0 Å². The number of nitrogens with zero attached hydrogens (tertiary/aromatic N) is 2. The summed E-state index contributed by atoms with van der Waals surface area (Å²) in [5.74, 6) is 0.490. The van der Waals surface area contributed by atoms with Crippen LogP contribution in [-0.2, 0) is 11.2 Å². The lowest BCUT2D eigenvalue weighted by atomic mass is 10.0. The lowest BCUT2D eigenvalue weighted by Crippen LogP contribution is -2.46. The van der Waals surface area contributed by atoms with Gasteiger partial charge in [-0.05, 0) is 37.7 Å². The third-order valence-corrected chi connectivity index (χ3v) is 4.29. The van der Waals surface area contributed by atoms with E-state index in [9.17, 15) is 4.79 Å². The number of hydrogen-bond donors (Lipinski definition) is 0. The van der Waals surface area contributed by atoms with Crippen molar-refractivity contribution in [2.75, 3.05) is 27.7 Å². The van der Waals surface area contributed by atoms with Crippen molar-refractivity contribution in [2.45, 2.75) is 26.3 Å². The maximum absolute atomic E-state index is 12.5. The molecule has 0 spiro atoms. The number of likely N-dealkylation sites (N-methyl/N-ethyl adjacent to an activating group) is 2. The molecule has 0 aliphatic heterocycles. The molecule has 0 saturated carbocycles. The average Bonchev–Trinajstić information content (AvgIpc) is 2.39. The summed E-state index contributed by atoms with van der Waals surface area (Å²) in [5, 5.41) is 0.993. The Bertz CT molecular complexity index is 489. The number of halogens is 2. The number of carbonyl (C=O) groups is 1. The fourth-order valence-corrected chi connectivity index (χ4v) is 2.61. The Morgan fingerprint density at radius 2 is 1.76 bits per heavy atom. The maximum Gasteiger partial charge on any atom is 0.227 e. The molecule has 1 amide bonds. The molecule has 0 unspecified atom stereocenters. The zero-order valence-electron chi connectivity index (χ0n) is 13.4. The Labute approximate surface area is 137 Å². The largest absolute Gasteiger partial charge is 0.341 e. The number of carbonyl (C=O) groups excluding carboxylic acids is 1. The normalized spacial score (nSPS) is 12.8. The topological polar surface area (TPSA) is 23.6 Å². The minimum Gasteiger partial charge on any atom is -0.341 e. The Kier molecular flexibility index (Phi) is 6.98. The highest BCUT2D eigenvalue weighted by atomic mass is 35.5. The van der Waals surface area contributed by atoms with Gasteiger partial charge in [0.15, 0.2) is 0 Å². The summed E-state index contributed by atoms with van der Waals surface area (Å²) in [4.78, 5) is 16.4. The van der Waals surface area contributed by atoms with Gasteiger partial charge in [-0.2, -0.15) is 0 Å². The third kappa shape index (κ3) is 5.50. The van der Waals surface area contributed by atoms with Crippen molar-refractivity contribution in [3.05, 3.63) is 33.8 Å². The minimum absolute atomic E-state index is 0.0916. The summed E-state index contributed by atoms with van der Waals surface area (Å²) in [6.07, 6.45) is 0.337. The summed E-state index contributed by atoms with van der Waals surface area (Å²) in [7, 11) is 5.91. The third-order valence-electron chi connectivity index (χ3n) is 3.55. The predicted octanol–water partition coefficient (Wildman–Crippen LogP) is 3.58. The van der Waals surface area contributed by atoms with Gasteiger partial charge in [0.1, 0.15) is 0 Å². The Morgan fingerprint density at radius 3 is 2.24 bits per heavy atom. The van der Waals surface area contributed by atoms with Gasteiger partial charge in [0.2, 0.25) is 5.91 Å². The van der Waals surface area contributed by atoms with Gasteiger partial charge in [-0.15, -0.1) is 0 Å². The van der Waals surface area contributed by atoms with E-state index >= 15 is 0 Å². The molecule has 1 rings (SSSR count). The van der Waals surface area contributed by atoms with Crippen molar-refractivity contribution >= 4 is 29.1 Å². The molecule has 3 nitrogen and oxygen atoms in total. The lowest BCUT2D eigenvalue weighted by Gasteiger charge is -2.33. The van der Waals surface area contributed by atoms with Crippen LogP contribution in [-0.4, -0.2) is 49.4 Å². The molecular weight excluding hydrogens is 307 g/mol. The molecule has 0 radical (unpaired) electrons. The summed E-state index contributed by atoms with van der Waals surface area (Å²) in [6, 6.07) is 5.52. The predicted molar refractivity (Wildman–Crippen MR) is 90.1 cm³/mol. The highest BCUT2D eigenvalue weighted by Crippen LogP contribution is 2.23. The molecule has 0 aliphatic rings. The Hall–Kier alpha value is -0.770. The lowest BCUT2D eigenvalue weighted by molar-refractivity contribution is -0.132. The van der Waals surface area contributed by atoms with E-state index in [1.807, 2.05) is 32.1 Å². The van der Waals surface area contributed by atoms with Crippen molar-refractivity contribution in [3.63, 3.8) is 0 Å². The highest BCUT2D eigenvalue weighted by molar-refractivity contribution is 6.42. The molecule has 0 aromatic heterocycles. The molecule has 0 N–H and O–H groups in total. The number of benzene rings is 1. The first-order valence-corrected chi connectivity index (χ1v) is 7.82. The van der Waals surface area contributed by atoms with Crippen LogP contribution in [0.2, 0.25) is 10.0 Å².